The zero-order chi connectivity index (χ0) is 17.8. The quantitative estimate of drug-likeness (QED) is 0.735. The van der Waals surface area contributed by atoms with Crippen LogP contribution in [0.15, 0.2) is 45.4 Å². The lowest BCUT2D eigenvalue weighted by molar-refractivity contribution is -0.533. The SMILES string of the molecule is N#CC1=C(Cl)C=C(OC2CCC(NC(=O)C3=CC=C(Cl)[NH2+]3)CC2)CC1. The molecule has 3 rings (SSSR count). The number of nitrogens with two attached hydrogens (primary N) is 1. The average Bonchev–Trinajstić information content (AvgIpc) is 3.03. The number of nitrogens with zero attached hydrogens (tertiary/aromatic N) is 1. The summed E-state index contributed by atoms with van der Waals surface area (Å²) in [5.74, 6) is 0.773. The van der Waals surface area contributed by atoms with Crippen LogP contribution in [0.25, 0.3) is 0 Å². The largest absolute Gasteiger partial charge is 0.495 e. The van der Waals surface area contributed by atoms with E-state index >= 15 is 0 Å². The second-order valence-electron chi connectivity index (χ2n) is 6.43. The Hall–Kier alpha value is -1.74. The first-order valence-electron chi connectivity index (χ1n) is 8.44. The Balaban J connectivity index is 1.44. The molecule has 3 N–H and O–H groups in total. The fourth-order valence-corrected chi connectivity index (χ4v) is 3.67. The second-order valence-corrected chi connectivity index (χ2v) is 7.28. The summed E-state index contributed by atoms with van der Waals surface area (Å²) in [5.41, 5.74) is 1.22. The molecule has 2 aliphatic carbocycles. The summed E-state index contributed by atoms with van der Waals surface area (Å²) in [7, 11) is 0. The first-order chi connectivity index (χ1) is 12.0. The number of hydrogen-bond acceptors (Lipinski definition) is 3. The smallest absolute Gasteiger partial charge is 0.305 e. The molecule has 0 aromatic heterocycles. The van der Waals surface area contributed by atoms with Crippen molar-refractivity contribution in [2.24, 2.45) is 0 Å². The summed E-state index contributed by atoms with van der Waals surface area (Å²) >= 11 is 11.9. The van der Waals surface area contributed by atoms with E-state index in [4.69, 9.17) is 33.2 Å². The molecule has 0 unspecified atom stereocenters. The number of halogens is 2. The van der Waals surface area contributed by atoms with Crippen LogP contribution in [0, 0.1) is 11.3 Å². The lowest BCUT2D eigenvalue weighted by atomic mass is 9.92. The predicted octanol–water partition coefficient (Wildman–Crippen LogP) is 2.67. The van der Waals surface area contributed by atoms with Crippen LogP contribution in [0.3, 0.4) is 0 Å². The second kappa shape index (κ2) is 8.09. The fraction of sp³-hybridized carbons (Fsp3) is 0.444. The molecule has 0 saturated heterocycles. The van der Waals surface area contributed by atoms with Crippen molar-refractivity contribution in [3.05, 3.63) is 45.4 Å². The molecule has 0 aromatic rings. The fourth-order valence-electron chi connectivity index (χ4n) is 3.23. The number of quaternary nitrogens is 1. The van der Waals surface area contributed by atoms with E-state index in [1.807, 2.05) is 0 Å². The molecule has 5 nitrogen and oxygen atoms in total. The van der Waals surface area contributed by atoms with Gasteiger partial charge in [-0.05, 0) is 49.8 Å². The maximum Gasteiger partial charge on any atom is 0.305 e. The number of allylic oxidation sites excluding steroid dienone is 6. The van der Waals surface area contributed by atoms with Crippen LogP contribution >= 0.6 is 23.2 Å². The number of carbonyl (C=O) groups is 1. The minimum atomic E-state index is -0.0767. The van der Waals surface area contributed by atoms with Gasteiger partial charge in [-0.2, -0.15) is 5.26 Å². The minimum Gasteiger partial charge on any atom is -0.495 e. The zero-order valence-electron chi connectivity index (χ0n) is 13.7. The Kier molecular flexibility index (Phi) is 5.85. The number of rotatable bonds is 4. The molecule has 25 heavy (non-hydrogen) atoms. The van der Waals surface area contributed by atoms with Crippen LogP contribution in [0.1, 0.15) is 38.5 Å². The standard InChI is InChI=1S/C18H19Cl2N3O2/c19-15-9-14(4-1-11(15)10-21)25-13-5-2-12(3-6-13)22-18(24)16-7-8-17(20)23-16/h7-9,12-13,23H,1-6H2,(H,22,24)/p+1. The van der Waals surface area contributed by atoms with Crippen LogP contribution in [0.5, 0.6) is 0 Å². The lowest BCUT2D eigenvalue weighted by Crippen LogP contribution is -2.79. The summed E-state index contributed by atoms with van der Waals surface area (Å²) in [5, 5.41) is 14.7. The van der Waals surface area contributed by atoms with Crippen molar-refractivity contribution in [1.29, 1.82) is 5.26 Å². The van der Waals surface area contributed by atoms with E-state index in [1.54, 1.807) is 23.5 Å². The number of ether oxygens (including phenoxy) is 1. The molecule has 0 bridgehead atoms. The van der Waals surface area contributed by atoms with Crippen molar-refractivity contribution in [1.82, 2.24) is 5.32 Å². The molecule has 132 valence electrons. The van der Waals surface area contributed by atoms with Gasteiger partial charge in [-0.15, -0.1) is 0 Å². The van der Waals surface area contributed by atoms with Crippen LogP contribution in [0.4, 0.5) is 0 Å². The third-order valence-corrected chi connectivity index (χ3v) is 5.21. The molecule has 1 saturated carbocycles. The van der Waals surface area contributed by atoms with Gasteiger partial charge in [-0.1, -0.05) is 11.6 Å². The highest BCUT2D eigenvalue weighted by molar-refractivity contribution is 6.32. The zero-order valence-corrected chi connectivity index (χ0v) is 15.2. The molecule has 1 amide bonds. The van der Waals surface area contributed by atoms with E-state index in [0.29, 0.717) is 34.3 Å². The van der Waals surface area contributed by atoms with Gasteiger partial charge in [0, 0.05) is 30.2 Å². The molecule has 0 atom stereocenters. The molecule has 0 radical (unpaired) electrons. The van der Waals surface area contributed by atoms with E-state index < -0.39 is 0 Å². The summed E-state index contributed by atoms with van der Waals surface area (Å²) in [4.78, 5) is 12.2. The highest BCUT2D eigenvalue weighted by Gasteiger charge is 2.27. The Morgan fingerprint density at radius 2 is 2.00 bits per heavy atom. The van der Waals surface area contributed by atoms with Gasteiger partial charge in [-0.25, -0.2) is 0 Å². The Morgan fingerprint density at radius 1 is 1.24 bits per heavy atom. The first-order valence-corrected chi connectivity index (χ1v) is 9.20. The van der Waals surface area contributed by atoms with Gasteiger partial charge in [0.25, 0.3) is 0 Å². The predicted molar refractivity (Wildman–Crippen MR) is 95.0 cm³/mol. The number of nitriles is 1. The summed E-state index contributed by atoms with van der Waals surface area (Å²) < 4.78 is 6.04. The first kappa shape index (κ1) is 18.1. The molecular weight excluding hydrogens is 361 g/mol. The van der Waals surface area contributed by atoms with Gasteiger partial charge < -0.3 is 10.1 Å². The van der Waals surface area contributed by atoms with Crippen LogP contribution in [-0.4, -0.2) is 18.1 Å². The normalized spacial score (nSPS) is 26.4. The molecule has 0 spiro atoms. The van der Waals surface area contributed by atoms with Crippen molar-refractivity contribution < 1.29 is 14.8 Å². The van der Waals surface area contributed by atoms with Gasteiger partial charge in [0.1, 0.15) is 0 Å². The van der Waals surface area contributed by atoms with Crippen LogP contribution in [0.2, 0.25) is 0 Å². The third kappa shape index (κ3) is 4.66. The Bertz CT molecular complexity index is 723. The van der Waals surface area contributed by atoms with Crippen molar-refractivity contribution in [3.8, 4) is 6.07 Å². The average molecular weight is 381 g/mol. The summed E-state index contributed by atoms with van der Waals surface area (Å²) in [6.07, 6.45) is 10.2. The van der Waals surface area contributed by atoms with Gasteiger partial charge in [-0.3, -0.25) is 10.1 Å². The van der Waals surface area contributed by atoms with Crippen molar-refractivity contribution >= 4 is 29.1 Å². The Morgan fingerprint density at radius 3 is 2.60 bits per heavy atom. The Labute approximate surface area is 157 Å². The van der Waals surface area contributed by atoms with Crippen molar-refractivity contribution in [2.75, 3.05) is 0 Å². The minimum absolute atomic E-state index is 0.0767. The van der Waals surface area contributed by atoms with E-state index in [1.165, 1.54) is 0 Å². The van der Waals surface area contributed by atoms with Crippen LogP contribution in [-0.2, 0) is 9.53 Å². The maximum atomic E-state index is 12.2. The molecule has 1 fully saturated rings. The van der Waals surface area contributed by atoms with E-state index in [0.717, 1.165) is 31.4 Å². The molecular formula is C18H20Cl2N3O2+. The molecule has 0 aromatic carbocycles. The monoisotopic (exact) mass is 380 g/mol. The highest BCUT2D eigenvalue weighted by atomic mass is 35.5. The number of hydrogen-bond donors (Lipinski definition) is 2. The van der Waals surface area contributed by atoms with Crippen molar-refractivity contribution in [2.45, 2.75) is 50.7 Å². The third-order valence-electron chi connectivity index (χ3n) is 4.64. The van der Waals surface area contributed by atoms with E-state index in [2.05, 4.69) is 11.4 Å². The molecule has 7 heteroatoms. The molecule has 1 aliphatic heterocycles. The lowest BCUT2D eigenvalue weighted by Gasteiger charge is -2.30. The molecule has 3 aliphatic rings. The van der Waals surface area contributed by atoms with Gasteiger partial charge in [0.2, 0.25) is 10.9 Å². The topological polar surface area (TPSA) is 78.7 Å². The van der Waals surface area contributed by atoms with Gasteiger partial charge >= 0.3 is 5.91 Å². The summed E-state index contributed by atoms with van der Waals surface area (Å²) in [6, 6.07) is 2.28. The highest BCUT2D eigenvalue weighted by Crippen LogP contribution is 2.30. The maximum absolute atomic E-state index is 12.2. The number of amides is 1. The van der Waals surface area contributed by atoms with E-state index in [9.17, 15) is 4.79 Å². The number of carbonyl (C=O) groups excluding carboxylic acids is 1. The van der Waals surface area contributed by atoms with Crippen LogP contribution < -0.4 is 10.6 Å². The van der Waals surface area contributed by atoms with Gasteiger partial charge in [0.05, 0.1) is 23.0 Å². The molecule has 1 heterocycles. The van der Waals surface area contributed by atoms with E-state index in [-0.39, 0.29) is 18.1 Å². The van der Waals surface area contributed by atoms with Gasteiger partial charge in [0.15, 0.2) is 0 Å². The summed E-state index contributed by atoms with van der Waals surface area (Å²) in [6.45, 7) is 0. The van der Waals surface area contributed by atoms with Crippen molar-refractivity contribution in [3.63, 3.8) is 0 Å². The number of nitrogens with one attached hydrogen (secondary N) is 1.